The fourth-order valence-electron chi connectivity index (χ4n) is 7.23. The molecule has 0 spiro atoms. The Hall–Kier alpha value is -4.06. The van der Waals surface area contributed by atoms with E-state index in [1.165, 1.54) is 12.8 Å². The van der Waals surface area contributed by atoms with Gasteiger partial charge in [0.05, 0.1) is 29.6 Å². The Morgan fingerprint density at radius 3 is 2.56 bits per heavy atom. The van der Waals surface area contributed by atoms with Crippen molar-refractivity contribution in [2.75, 3.05) is 59.3 Å². The molecule has 11 nitrogen and oxygen atoms in total. The summed E-state index contributed by atoms with van der Waals surface area (Å²) in [5, 5.41) is 6.00. The minimum atomic E-state index is 0.283. The van der Waals surface area contributed by atoms with Crippen molar-refractivity contribution in [3.8, 4) is 17.0 Å². The number of benzene rings is 2. The van der Waals surface area contributed by atoms with Gasteiger partial charge in [-0.25, -0.2) is 19.6 Å². The number of nitrogen functional groups attached to an aromatic ring is 1. The Morgan fingerprint density at radius 2 is 1.76 bits per heavy atom. The van der Waals surface area contributed by atoms with Crippen LogP contribution in [0.1, 0.15) is 49.5 Å². The number of fused-ring (bicyclic) bond motifs is 2. The summed E-state index contributed by atoms with van der Waals surface area (Å²) in [6, 6.07) is 15.2. The Kier molecular flexibility index (Phi) is 8.64. The monoisotopic (exact) mass is 609 g/mol. The van der Waals surface area contributed by atoms with E-state index < -0.39 is 0 Å². The lowest BCUT2D eigenvalue weighted by atomic mass is 9.90. The molecule has 0 bridgehead atoms. The van der Waals surface area contributed by atoms with Crippen molar-refractivity contribution in [2.24, 2.45) is 0 Å². The summed E-state index contributed by atoms with van der Waals surface area (Å²) in [4.78, 5) is 22.7. The Labute approximate surface area is 263 Å². The number of hydrogen-bond donors (Lipinski definition) is 2. The maximum atomic E-state index is 6.48. The van der Waals surface area contributed by atoms with E-state index in [1.807, 2.05) is 24.3 Å². The number of H-pyrrole nitrogens is 1. The van der Waals surface area contributed by atoms with Crippen LogP contribution in [-0.4, -0.2) is 99.1 Å². The molecule has 2 aliphatic rings. The molecule has 7 rings (SSSR count). The Balaban J connectivity index is 1.08. The molecule has 0 radical (unpaired) electrons. The van der Waals surface area contributed by atoms with Crippen LogP contribution in [-0.2, 0) is 11.2 Å². The molecule has 1 aliphatic heterocycles. The van der Waals surface area contributed by atoms with Crippen LogP contribution >= 0.6 is 0 Å². The summed E-state index contributed by atoms with van der Waals surface area (Å²) in [5.74, 6) is 2.20. The second-order valence-electron chi connectivity index (χ2n) is 12.3. The van der Waals surface area contributed by atoms with Crippen LogP contribution in [0.2, 0.25) is 0 Å². The highest BCUT2D eigenvalue weighted by molar-refractivity contribution is 5.99. The normalized spacial score (nSPS) is 19.9. The molecule has 0 unspecified atom stereocenters. The number of aromatic amines is 1. The largest absolute Gasteiger partial charge is 0.496 e. The standard InChI is InChI=1S/C34H43N9O2/c1-44-19-5-14-41-15-17-42(18-16-41)25-9-11-26(12-10-25)43-34-31(33(35)36-22-37-34)32(40-43)24-8-13-27-28(20-24)39-30(38-27)21-23-6-3-4-7-29(23)45-2/h3-4,6-8,13,20,22,25-26H,5,9-12,14-19,21H2,1-2H3,(H,38,39)(H2,35,36,37). The molecule has 11 heteroatoms. The highest BCUT2D eigenvalue weighted by atomic mass is 16.5. The lowest BCUT2D eigenvalue weighted by Gasteiger charge is -2.42. The molecule has 5 aromatic rings. The Bertz CT molecular complexity index is 1750. The highest BCUT2D eigenvalue weighted by Crippen LogP contribution is 2.37. The van der Waals surface area contributed by atoms with Gasteiger partial charge in [-0.15, -0.1) is 0 Å². The van der Waals surface area contributed by atoms with Gasteiger partial charge in [0.2, 0.25) is 0 Å². The van der Waals surface area contributed by atoms with Crippen LogP contribution < -0.4 is 10.5 Å². The smallest absolute Gasteiger partial charge is 0.164 e. The fraction of sp³-hybridized carbons (Fsp3) is 0.471. The summed E-state index contributed by atoms with van der Waals surface area (Å²) in [6.07, 6.45) is 7.80. The van der Waals surface area contributed by atoms with Gasteiger partial charge >= 0.3 is 0 Å². The number of piperazine rings is 1. The predicted molar refractivity (Wildman–Crippen MR) is 176 cm³/mol. The summed E-state index contributed by atoms with van der Waals surface area (Å²) in [5.41, 5.74) is 12.0. The van der Waals surface area contributed by atoms with Crippen LogP contribution in [0.4, 0.5) is 5.82 Å². The van der Waals surface area contributed by atoms with Gasteiger partial charge in [-0.1, -0.05) is 24.3 Å². The van der Waals surface area contributed by atoms with Gasteiger partial charge in [0, 0.05) is 70.0 Å². The van der Waals surface area contributed by atoms with E-state index in [9.17, 15) is 0 Å². The molecule has 45 heavy (non-hydrogen) atoms. The van der Waals surface area contributed by atoms with Gasteiger partial charge in [0.1, 0.15) is 29.4 Å². The minimum Gasteiger partial charge on any atom is -0.496 e. The molecular weight excluding hydrogens is 566 g/mol. The lowest BCUT2D eigenvalue weighted by molar-refractivity contribution is 0.0662. The molecule has 1 saturated heterocycles. The number of nitrogens with two attached hydrogens (primary N) is 1. The van der Waals surface area contributed by atoms with E-state index in [0.717, 1.165) is 109 Å². The van der Waals surface area contributed by atoms with Crippen molar-refractivity contribution in [3.63, 3.8) is 0 Å². The quantitative estimate of drug-likeness (QED) is 0.217. The zero-order valence-corrected chi connectivity index (χ0v) is 26.3. The Morgan fingerprint density at radius 1 is 0.956 bits per heavy atom. The number of nitrogens with one attached hydrogen (secondary N) is 1. The van der Waals surface area contributed by atoms with Crippen LogP contribution in [0.15, 0.2) is 48.8 Å². The SMILES string of the molecule is COCCCN1CCN(C2CCC(n3nc(-c4ccc5nc(Cc6ccccc6OC)[nH]c5c4)c4c(N)ncnc43)CC2)CC1. The third-order valence-corrected chi connectivity index (χ3v) is 9.63. The molecule has 2 fully saturated rings. The maximum absolute atomic E-state index is 6.48. The number of aromatic nitrogens is 6. The molecule has 3 aromatic heterocycles. The minimum absolute atomic E-state index is 0.283. The van der Waals surface area contributed by atoms with Crippen molar-refractivity contribution < 1.29 is 9.47 Å². The van der Waals surface area contributed by atoms with Gasteiger partial charge in [-0.2, -0.15) is 5.10 Å². The first-order valence-corrected chi connectivity index (χ1v) is 16.2. The number of imidazole rings is 1. The van der Waals surface area contributed by atoms with Crippen molar-refractivity contribution >= 4 is 27.9 Å². The van der Waals surface area contributed by atoms with Gasteiger partial charge in [-0.05, 0) is 50.3 Å². The molecule has 0 amide bonds. The summed E-state index contributed by atoms with van der Waals surface area (Å²) in [6.45, 7) is 6.57. The van der Waals surface area contributed by atoms with Crippen LogP contribution in [0.3, 0.4) is 0 Å². The molecule has 1 saturated carbocycles. The van der Waals surface area contributed by atoms with E-state index in [2.05, 4.69) is 42.6 Å². The van der Waals surface area contributed by atoms with Crippen molar-refractivity contribution in [3.05, 3.63) is 60.2 Å². The van der Waals surface area contributed by atoms with Gasteiger partial charge in [0.15, 0.2) is 5.65 Å². The number of ether oxygens (including phenoxy) is 2. The van der Waals surface area contributed by atoms with Gasteiger partial charge in [0.25, 0.3) is 0 Å². The molecule has 0 atom stereocenters. The predicted octanol–water partition coefficient (Wildman–Crippen LogP) is 4.69. The molecule has 2 aromatic carbocycles. The van der Waals surface area contributed by atoms with Crippen molar-refractivity contribution in [1.29, 1.82) is 0 Å². The molecule has 3 N–H and O–H groups in total. The third kappa shape index (κ3) is 6.12. The summed E-state index contributed by atoms with van der Waals surface area (Å²) < 4.78 is 12.9. The van der Waals surface area contributed by atoms with E-state index in [1.54, 1.807) is 20.5 Å². The second-order valence-corrected chi connectivity index (χ2v) is 12.3. The van der Waals surface area contributed by atoms with Gasteiger partial charge < -0.3 is 25.1 Å². The summed E-state index contributed by atoms with van der Waals surface area (Å²) in [7, 11) is 3.48. The van der Waals surface area contributed by atoms with E-state index >= 15 is 0 Å². The molecule has 1 aliphatic carbocycles. The summed E-state index contributed by atoms with van der Waals surface area (Å²) >= 11 is 0. The first-order chi connectivity index (χ1) is 22.1. The highest BCUT2D eigenvalue weighted by Gasteiger charge is 2.31. The van der Waals surface area contributed by atoms with Crippen molar-refractivity contribution in [2.45, 2.75) is 50.6 Å². The average molecular weight is 610 g/mol. The maximum Gasteiger partial charge on any atom is 0.164 e. The first kappa shape index (κ1) is 29.6. The molecule has 4 heterocycles. The average Bonchev–Trinajstić information content (AvgIpc) is 3.67. The number of anilines is 1. The van der Waals surface area contributed by atoms with E-state index in [-0.39, 0.29) is 6.04 Å². The molecule has 236 valence electrons. The van der Waals surface area contributed by atoms with Crippen molar-refractivity contribution in [1.82, 2.24) is 39.5 Å². The van der Waals surface area contributed by atoms with Crippen LogP contribution in [0.25, 0.3) is 33.3 Å². The van der Waals surface area contributed by atoms with Gasteiger partial charge in [-0.3, -0.25) is 4.90 Å². The zero-order chi connectivity index (χ0) is 30.8. The van der Waals surface area contributed by atoms with Crippen LogP contribution in [0.5, 0.6) is 5.75 Å². The van der Waals surface area contributed by atoms with Crippen LogP contribution in [0, 0.1) is 0 Å². The number of para-hydroxylation sites is 1. The third-order valence-electron chi connectivity index (χ3n) is 9.63. The van der Waals surface area contributed by atoms with E-state index in [0.29, 0.717) is 18.3 Å². The number of rotatable bonds is 10. The lowest BCUT2D eigenvalue weighted by Crippen LogP contribution is -2.51. The fourth-order valence-corrected chi connectivity index (χ4v) is 7.23. The van der Waals surface area contributed by atoms with E-state index in [4.69, 9.17) is 30.3 Å². The zero-order valence-electron chi connectivity index (χ0n) is 26.3. The number of hydrogen-bond acceptors (Lipinski definition) is 9. The second kappa shape index (κ2) is 13.1. The number of nitrogens with zero attached hydrogens (tertiary/aromatic N) is 7. The number of methoxy groups -OCH3 is 2. The topological polar surface area (TPSA) is 123 Å². The molecular formula is C34H43N9O2. The first-order valence-electron chi connectivity index (χ1n) is 16.2.